The van der Waals surface area contributed by atoms with E-state index in [0.29, 0.717) is 25.2 Å². The Bertz CT molecular complexity index is 274. The Labute approximate surface area is 126 Å². The first-order chi connectivity index (χ1) is 8.24. The number of nitrogens with two attached hydrogens (primary N) is 1. The maximum atomic E-state index is 5.89. The van der Waals surface area contributed by atoms with Crippen molar-refractivity contribution in [3.05, 3.63) is 0 Å². The molecule has 0 spiro atoms. The van der Waals surface area contributed by atoms with Crippen molar-refractivity contribution >= 4 is 29.9 Å². The zero-order valence-corrected chi connectivity index (χ0v) is 13.3. The van der Waals surface area contributed by atoms with E-state index in [9.17, 15) is 0 Å². The predicted molar refractivity (Wildman–Crippen MR) is 82.5 cm³/mol. The Hall–Kier alpha value is -0.0800. The molecule has 0 bridgehead atoms. The molecule has 2 aliphatic rings. The van der Waals surface area contributed by atoms with Crippen molar-refractivity contribution in [2.24, 2.45) is 10.7 Å². The lowest BCUT2D eigenvalue weighted by Gasteiger charge is -2.23. The fraction of sp³-hybridized carbons (Fsp3) is 0.917. The largest absolute Gasteiger partial charge is 0.378 e. The third kappa shape index (κ3) is 4.24. The van der Waals surface area contributed by atoms with E-state index < -0.39 is 0 Å². The van der Waals surface area contributed by atoms with Gasteiger partial charge in [-0.2, -0.15) is 0 Å². The van der Waals surface area contributed by atoms with Crippen LogP contribution in [0.15, 0.2) is 4.99 Å². The Kier molecular flexibility index (Phi) is 6.65. The quantitative estimate of drug-likeness (QED) is 0.445. The van der Waals surface area contributed by atoms with Crippen LogP contribution >= 0.6 is 24.0 Å². The van der Waals surface area contributed by atoms with Gasteiger partial charge < -0.3 is 20.5 Å². The summed E-state index contributed by atoms with van der Waals surface area (Å²) in [6, 6.07) is 0.511. The summed E-state index contributed by atoms with van der Waals surface area (Å²) in [6.45, 7) is 1.94. The van der Waals surface area contributed by atoms with Gasteiger partial charge in [-0.05, 0) is 12.8 Å². The van der Waals surface area contributed by atoms with Gasteiger partial charge >= 0.3 is 0 Å². The number of hydrogen-bond donors (Lipinski definition) is 2. The average Bonchev–Trinajstić information content (AvgIpc) is 2.98. The topological polar surface area (TPSA) is 68.9 Å². The first kappa shape index (κ1) is 16.0. The van der Waals surface area contributed by atoms with Crippen molar-refractivity contribution in [3.8, 4) is 0 Å². The molecule has 1 saturated heterocycles. The van der Waals surface area contributed by atoms with Crippen molar-refractivity contribution in [2.75, 3.05) is 26.9 Å². The van der Waals surface area contributed by atoms with Crippen LogP contribution < -0.4 is 11.1 Å². The number of nitrogens with zero attached hydrogens (tertiary/aromatic N) is 1. The Balaban J connectivity index is 0.00000162. The maximum absolute atomic E-state index is 5.89. The normalized spacial score (nSPS) is 29.3. The molecule has 1 aliphatic heterocycles. The molecule has 0 aromatic heterocycles. The van der Waals surface area contributed by atoms with Gasteiger partial charge in [-0.1, -0.05) is 12.8 Å². The van der Waals surface area contributed by atoms with Crippen LogP contribution in [-0.2, 0) is 9.47 Å². The van der Waals surface area contributed by atoms with Crippen molar-refractivity contribution in [2.45, 2.75) is 43.7 Å². The van der Waals surface area contributed by atoms with Crippen LogP contribution in [0.5, 0.6) is 0 Å². The van der Waals surface area contributed by atoms with Crippen LogP contribution in [0.4, 0.5) is 0 Å². The summed E-state index contributed by atoms with van der Waals surface area (Å²) >= 11 is 0. The van der Waals surface area contributed by atoms with E-state index in [1.54, 1.807) is 7.11 Å². The average molecular weight is 369 g/mol. The molecular formula is C12H24IN3O2. The van der Waals surface area contributed by atoms with Crippen LogP contribution in [0.25, 0.3) is 0 Å². The molecule has 6 heteroatoms. The van der Waals surface area contributed by atoms with Crippen molar-refractivity contribution in [1.82, 2.24) is 5.32 Å². The number of guanidine groups is 1. The summed E-state index contributed by atoms with van der Waals surface area (Å²) < 4.78 is 10.9. The lowest BCUT2D eigenvalue weighted by molar-refractivity contribution is -0.00906. The van der Waals surface area contributed by atoms with E-state index in [1.807, 2.05) is 0 Å². The van der Waals surface area contributed by atoms with Crippen LogP contribution in [0.3, 0.4) is 0 Å². The SMILES string of the molecule is COC1(CN=C(N)NC2CCCC2)CCOC1.I. The standard InChI is InChI=1S/C12H23N3O2.HI/c1-16-12(6-7-17-9-12)8-14-11(13)15-10-4-2-3-5-10;/h10H,2-9H2,1H3,(H3,13,14,15);1H. The summed E-state index contributed by atoms with van der Waals surface area (Å²) in [5, 5.41) is 3.28. The van der Waals surface area contributed by atoms with Crippen LogP contribution in [0.1, 0.15) is 32.1 Å². The Morgan fingerprint density at radius 2 is 2.22 bits per heavy atom. The van der Waals surface area contributed by atoms with Crippen molar-refractivity contribution in [3.63, 3.8) is 0 Å². The minimum atomic E-state index is -0.262. The highest BCUT2D eigenvalue weighted by atomic mass is 127. The zero-order valence-electron chi connectivity index (χ0n) is 11.0. The molecule has 5 nitrogen and oxygen atoms in total. The molecule has 1 unspecified atom stereocenters. The van der Waals surface area contributed by atoms with Gasteiger partial charge in [0.05, 0.1) is 13.2 Å². The molecule has 1 atom stereocenters. The minimum Gasteiger partial charge on any atom is -0.378 e. The van der Waals surface area contributed by atoms with Gasteiger partial charge in [-0.3, -0.25) is 4.99 Å². The first-order valence-corrected chi connectivity index (χ1v) is 6.43. The number of hydrogen-bond acceptors (Lipinski definition) is 3. The molecule has 0 amide bonds. The molecule has 2 fully saturated rings. The second-order valence-electron chi connectivity index (χ2n) is 5.02. The molecule has 1 heterocycles. The van der Waals surface area contributed by atoms with Gasteiger partial charge in [-0.25, -0.2) is 0 Å². The van der Waals surface area contributed by atoms with E-state index in [1.165, 1.54) is 25.7 Å². The lowest BCUT2D eigenvalue weighted by atomic mass is 10.0. The Morgan fingerprint density at radius 3 is 2.78 bits per heavy atom. The fourth-order valence-corrected chi connectivity index (χ4v) is 2.49. The lowest BCUT2D eigenvalue weighted by Crippen LogP contribution is -2.41. The number of aliphatic imine (C=N–C) groups is 1. The number of halogens is 1. The van der Waals surface area contributed by atoms with E-state index in [2.05, 4.69) is 10.3 Å². The summed E-state index contributed by atoms with van der Waals surface area (Å²) in [5.74, 6) is 0.542. The van der Waals surface area contributed by atoms with Gasteiger partial charge in [0.25, 0.3) is 0 Å². The highest BCUT2D eigenvalue weighted by Crippen LogP contribution is 2.22. The second kappa shape index (κ2) is 7.49. The van der Waals surface area contributed by atoms with Gasteiger partial charge in [0.15, 0.2) is 5.96 Å². The number of nitrogens with one attached hydrogen (secondary N) is 1. The summed E-state index contributed by atoms with van der Waals surface area (Å²) in [6.07, 6.45) is 5.88. The smallest absolute Gasteiger partial charge is 0.188 e. The van der Waals surface area contributed by atoms with Crippen molar-refractivity contribution in [1.29, 1.82) is 0 Å². The molecule has 2 rings (SSSR count). The summed E-state index contributed by atoms with van der Waals surface area (Å²) in [7, 11) is 1.71. The van der Waals surface area contributed by atoms with E-state index in [-0.39, 0.29) is 29.6 Å². The summed E-state index contributed by atoms with van der Waals surface area (Å²) in [4.78, 5) is 4.39. The summed E-state index contributed by atoms with van der Waals surface area (Å²) in [5.41, 5.74) is 5.63. The van der Waals surface area contributed by atoms with E-state index in [4.69, 9.17) is 15.2 Å². The predicted octanol–water partition coefficient (Wildman–Crippen LogP) is 1.26. The molecule has 18 heavy (non-hydrogen) atoms. The highest BCUT2D eigenvalue weighted by Gasteiger charge is 2.34. The monoisotopic (exact) mass is 369 g/mol. The Morgan fingerprint density at radius 1 is 1.50 bits per heavy atom. The molecule has 106 valence electrons. The maximum Gasteiger partial charge on any atom is 0.188 e. The first-order valence-electron chi connectivity index (χ1n) is 6.43. The molecular weight excluding hydrogens is 345 g/mol. The molecule has 0 aromatic rings. The van der Waals surface area contributed by atoms with E-state index in [0.717, 1.165) is 13.0 Å². The van der Waals surface area contributed by atoms with Crippen molar-refractivity contribution < 1.29 is 9.47 Å². The van der Waals surface area contributed by atoms with Gasteiger partial charge in [-0.15, -0.1) is 24.0 Å². The van der Waals surface area contributed by atoms with Gasteiger partial charge in [0.1, 0.15) is 5.60 Å². The second-order valence-corrected chi connectivity index (χ2v) is 5.02. The van der Waals surface area contributed by atoms with Crippen LogP contribution in [-0.4, -0.2) is 44.5 Å². The minimum absolute atomic E-state index is 0. The van der Waals surface area contributed by atoms with Gasteiger partial charge in [0, 0.05) is 26.2 Å². The van der Waals surface area contributed by atoms with E-state index >= 15 is 0 Å². The number of methoxy groups -OCH3 is 1. The fourth-order valence-electron chi connectivity index (χ4n) is 2.49. The van der Waals surface area contributed by atoms with Crippen LogP contribution in [0, 0.1) is 0 Å². The number of rotatable bonds is 4. The molecule has 3 N–H and O–H groups in total. The third-order valence-electron chi connectivity index (χ3n) is 3.74. The van der Waals surface area contributed by atoms with Crippen LogP contribution in [0.2, 0.25) is 0 Å². The molecule has 0 radical (unpaired) electrons. The molecule has 0 aromatic carbocycles. The molecule has 1 saturated carbocycles. The van der Waals surface area contributed by atoms with Gasteiger partial charge in [0.2, 0.25) is 0 Å². The third-order valence-corrected chi connectivity index (χ3v) is 3.74. The highest BCUT2D eigenvalue weighted by molar-refractivity contribution is 14.0. The zero-order chi connectivity index (χ0) is 12.1. The molecule has 1 aliphatic carbocycles. The number of ether oxygens (including phenoxy) is 2.